The molecule has 0 bridgehead atoms. The zero-order valence-electron chi connectivity index (χ0n) is 13.2. The molecule has 1 N–H and O–H groups in total. The molecule has 0 fully saturated rings. The first-order valence-corrected chi connectivity index (χ1v) is 7.48. The third-order valence-electron chi connectivity index (χ3n) is 3.17. The Morgan fingerprint density at radius 3 is 2.95 bits per heavy atom. The molecular formula is C18H23N3O. The van der Waals surface area contributed by atoms with Gasteiger partial charge in [-0.05, 0) is 37.1 Å². The maximum absolute atomic E-state index is 5.66. The Labute approximate surface area is 132 Å². The summed E-state index contributed by atoms with van der Waals surface area (Å²) in [6, 6.07) is 8.46. The van der Waals surface area contributed by atoms with Gasteiger partial charge in [-0.2, -0.15) is 0 Å². The summed E-state index contributed by atoms with van der Waals surface area (Å²) in [5.74, 6) is 0.879. The molecule has 0 saturated carbocycles. The van der Waals surface area contributed by atoms with Crippen molar-refractivity contribution in [1.29, 1.82) is 0 Å². The highest BCUT2D eigenvalue weighted by atomic mass is 16.5. The largest absolute Gasteiger partial charge is 0.489 e. The number of nitrogens with one attached hydrogen (secondary N) is 1. The Morgan fingerprint density at radius 1 is 1.36 bits per heavy atom. The molecule has 0 aliphatic heterocycles. The standard InChI is InChI=1S/C18H23N3O/c1-14(2)13-22-18-6-4-5-16(10-18)11-21-15(3)9-17-12-19-7-8-20-17/h4-8,10,12,15,21H,1,9,11,13H2,2-3H3/t15-/m0/s1. The number of ether oxygens (including phenoxy) is 1. The van der Waals surface area contributed by atoms with Crippen LogP contribution in [-0.2, 0) is 13.0 Å². The highest BCUT2D eigenvalue weighted by Crippen LogP contribution is 2.14. The van der Waals surface area contributed by atoms with Crippen LogP contribution < -0.4 is 10.1 Å². The molecule has 2 rings (SSSR count). The van der Waals surface area contributed by atoms with E-state index in [2.05, 4.69) is 40.9 Å². The fourth-order valence-corrected chi connectivity index (χ4v) is 2.07. The molecule has 0 amide bonds. The van der Waals surface area contributed by atoms with E-state index >= 15 is 0 Å². The molecule has 2 aromatic rings. The van der Waals surface area contributed by atoms with Crippen LogP contribution in [0.2, 0.25) is 0 Å². The van der Waals surface area contributed by atoms with Gasteiger partial charge < -0.3 is 10.1 Å². The molecule has 4 heteroatoms. The summed E-state index contributed by atoms with van der Waals surface area (Å²) < 4.78 is 5.66. The summed E-state index contributed by atoms with van der Waals surface area (Å²) in [4.78, 5) is 8.39. The van der Waals surface area contributed by atoms with Crippen molar-refractivity contribution in [3.8, 4) is 5.75 Å². The second-order valence-corrected chi connectivity index (χ2v) is 5.58. The van der Waals surface area contributed by atoms with Crippen molar-refractivity contribution in [3.05, 3.63) is 66.3 Å². The molecule has 0 aliphatic rings. The van der Waals surface area contributed by atoms with Crippen LogP contribution in [0.5, 0.6) is 5.75 Å². The van der Waals surface area contributed by atoms with Crippen LogP contribution in [0, 0.1) is 0 Å². The third-order valence-corrected chi connectivity index (χ3v) is 3.17. The topological polar surface area (TPSA) is 47.0 Å². The second kappa shape index (κ2) is 8.29. The normalized spacial score (nSPS) is 11.9. The highest BCUT2D eigenvalue weighted by Gasteiger charge is 2.05. The Balaban J connectivity index is 1.83. The van der Waals surface area contributed by atoms with Crippen molar-refractivity contribution in [2.45, 2.75) is 32.9 Å². The Hall–Kier alpha value is -2.20. The van der Waals surface area contributed by atoms with E-state index in [1.54, 1.807) is 12.4 Å². The van der Waals surface area contributed by atoms with E-state index in [4.69, 9.17) is 4.74 Å². The Kier molecular flexibility index (Phi) is 6.10. The Morgan fingerprint density at radius 2 is 2.23 bits per heavy atom. The lowest BCUT2D eigenvalue weighted by atomic mass is 10.1. The zero-order valence-corrected chi connectivity index (χ0v) is 13.2. The predicted octanol–water partition coefficient (Wildman–Crippen LogP) is 3.15. The second-order valence-electron chi connectivity index (χ2n) is 5.58. The van der Waals surface area contributed by atoms with Crippen LogP contribution in [0.3, 0.4) is 0 Å². The lowest BCUT2D eigenvalue weighted by molar-refractivity contribution is 0.352. The van der Waals surface area contributed by atoms with Crippen molar-refractivity contribution in [2.24, 2.45) is 0 Å². The predicted molar refractivity (Wildman–Crippen MR) is 88.8 cm³/mol. The van der Waals surface area contributed by atoms with E-state index in [9.17, 15) is 0 Å². The van der Waals surface area contributed by atoms with Gasteiger partial charge in [0.1, 0.15) is 12.4 Å². The highest BCUT2D eigenvalue weighted by molar-refractivity contribution is 5.28. The maximum Gasteiger partial charge on any atom is 0.120 e. The number of nitrogens with zero attached hydrogens (tertiary/aromatic N) is 2. The molecular weight excluding hydrogens is 274 g/mol. The number of rotatable bonds is 8. The van der Waals surface area contributed by atoms with Gasteiger partial charge in [0.2, 0.25) is 0 Å². The molecule has 1 heterocycles. The van der Waals surface area contributed by atoms with E-state index < -0.39 is 0 Å². The average molecular weight is 297 g/mol. The molecule has 0 aliphatic carbocycles. The van der Waals surface area contributed by atoms with Crippen LogP contribution in [0.25, 0.3) is 0 Å². The lowest BCUT2D eigenvalue weighted by Crippen LogP contribution is -2.27. The smallest absolute Gasteiger partial charge is 0.120 e. The van der Waals surface area contributed by atoms with Crippen LogP contribution >= 0.6 is 0 Å². The van der Waals surface area contributed by atoms with Crippen molar-refractivity contribution >= 4 is 0 Å². The van der Waals surface area contributed by atoms with Gasteiger partial charge in [0.15, 0.2) is 0 Å². The van der Waals surface area contributed by atoms with E-state index in [1.807, 2.05) is 25.3 Å². The van der Waals surface area contributed by atoms with Crippen molar-refractivity contribution in [2.75, 3.05) is 6.61 Å². The van der Waals surface area contributed by atoms with E-state index in [1.165, 1.54) is 5.56 Å². The monoisotopic (exact) mass is 297 g/mol. The fraction of sp³-hybridized carbons (Fsp3) is 0.333. The number of benzene rings is 1. The molecule has 1 aromatic carbocycles. The van der Waals surface area contributed by atoms with Gasteiger partial charge in [-0.1, -0.05) is 18.7 Å². The molecule has 22 heavy (non-hydrogen) atoms. The number of hydrogen-bond donors (Lipinski definition) is 1. The summed E-state index contributed by atoms with van der Waals surface area (Å²) in [6.45, 7) is 9.30. The summed E-state index contributed by atoms with van der Waals surface area (Å²) in [6.07, 6.45) is 6.09. The van der Waals surface area contributed by atoms with Gasteiger partial charge >= 0.3 is 0 Å². The maximum atomic E-state index is 5.66. The quantitative estimate of drug-likeness (QED) is 0.760. The molecule has 0 spiro atoms. The zero-order chi connectivity index (χ0) is 15.8. The minimum atomic E-state index is 0.330. The molecule has 0 saturated heterocycles. The number of aromatic nitrogens is 2. The van der Waals surface area contributed by atoms with Crippen LogP contribution in [-0.4, -0.2) is 22.6 Å². The number of hydrogen-bond acceptors (Lipinski definition) is 4. The van der Waals surface area contributed by atoms with Gasteiger partial charge in [-0.15, -0.1) is 0 Å². The van der Waals surface area contributed by atoms with Crippen LogP contribution in [0.15, 0.2) is 55.0 Å². The molecule has 1 atom stereocenters. The first-order chi connectivity index (χ1) is 10.6. The summed E-state index contributed by atoms with van der Waals surface area (Å²) >= 11 is 0. The van der Waals surface area contributed by atoms with Gasteiger partial charge in [-0.25, -0.2) is 0 Å². The van der Waals surface area contributed by atoms with E-state index in [0.29, 0.717) is 12.6 Å². The van der Waals surface area contributed by atoms with E-state index in [0.717, 1.165) is 30.0 Å². The minimum absolute atomic E-state index is 0.330. The third kappa shape index (κ3) is 5.66. The molecule has 1 aromatic heterocycles. The van der Waals surface area contributed by atoms with Crippen molar-refractivity contribution in [3.63, 3.8) is 0 Å². The first-order valence-electron chi connectivity index (χ1n) is 7.48. The lowest BCUT2D eigenvalue weighted by Gasteiger charge is -2.14. The van der Waals surface area contributed by atoms with Gasteiger partial charge in [0.05, 0.1) is 5.69 Å². The van der Waals surface area contributed by atoms with E-state index in [-0.39, 0.29) is 0 Å². The fourth-order valence-electron chi connectivity index (χ4n) is 2.07. The summed E-state index contributed by atoms with van der Waals surface area (Å²) in [7, 11) is 0. The van der Waals surface area contributed by atoms with Crippen LogP contribution in [0.4, 0.5) is 0 Å². The van der Waals surface area contributed by atoms with Gasteiger partial charge in [0.25, 0.3) is 0 Å². The molecule has 0 radical (unpaired) electrons. The van der Waals surface area contributed by atoms with Crippen molar-refractivity contribution < 1.29 is 4.74 Å². The average Bonchev–Trinajstić information content (AvgIpc) is 2.52. The Bertz CT molecular complexity index is 598. The summed E-state index contributed by atoms with van der Waals surface area (Å²) in [5.41, 5.74) is 3.22. The SMILES string of the molecule is C=C(C)COc1cccc(CN[C@@H](C)Cc2cnccn2)c1. The van der Waals surface area contributed by atoms with Crippen LogP contribution in [0.1, 0.15) is 25.1 Å². The molecule has 116 valence electrons. The van der Waals surface area contributed by atoms with Gasteiger partial charge in [-0.3, -0.25) is 9.97 Å². The molecule has 4 nitrogen and oxygen atoms in total. The first kappa shape index (κ1) is 16.2. The van der Waals surface area contributed by atoms with Gasteiger partial charge in [0, 0.05) is 37.6 Å². The minimum Gasteiger partial charge on any atom is -0.489 e. The summed E-state index contributed by atoms with van der Waals surface area (Å²) in [5, 5.41) is 3.50. The van der Waals surface area contributed by atoms with Crippen molar-refractivity contribution in [1.82, 2.24) is 15.3 Å². The molecule has 0 unspecified atom stereocenters.